The zero-order valence-electron chi connectivity index (χ0n) is 14.5. The molecule has 0 aliphatic rings. The van der Waals surface area contributed by atoms with Crippen LogP contribution in [0.2, 0.25) is 0 Å². The minimum atomic E-state index is -0.513. The van der Waals surface area contributed by atoms with E-state index in [0.29, 0.717) is 6.54 Å². The average Bonchev–Trinajstić information content (AvgIpc) is 3.08. The van der Waals surface area contributed by atoms with E-state index in [1.165, 1.54) is 23.1 Å². The van der Waals surface area contributed by atoms with Crippen LogP contribution in [0, 0.1) is 11.6 Å². The molecule has 25 heavy (non-hydrogen) atoms. The SMILES string of the molecule is CCNC(=NCCc1c(F)cccc1F)N(C)CCc1cccs1.I. The van der Waals surface area contributed by atoms with Crippen molar-refractivity contribution in [1.29, 1.82) is 0 Å². The maximum atomic E-state index is 13.6. The first-order valence-electron chi connectivity index (χ1n) is 8.06. The van der Waals surface area contributed by atoms with Crippen molar-refractivity contribution in [3.05, 3.63) is 57.8 Å². The van der Waals surface area contributed by atoms with Crippen LogP contribution in [0.15, 0.2) is 40.7 Å². The number of thiophene rings is 1. The molecule has 1 aromatic carbocycles. The summed E-state index contributed by atoms with van der Waals surface area (Å²) in [4.78, 5) is 7.86. The topological polar surface area (TPSA) is 27.6 Å². The van der Waals surface area contributed by atoms with Crippen molar-refractivity contribution >= 4 is 41.3 Å². The van der Waals surface area contributed by atoms with Gasteiger partial charge in [0.2, 0.25) is 0 Å². The third-order valence-electron chi connectivity index (χ3n) is 3.66. The summed E-state index contributed by atoms with van der Waals surface area (Å²) in [5.41, 5.74) is 0.0957. The van der Waals surface area contributed by atoms with Gasteiger partial charge in [-0.3, -0.25) is 4.99 Å². The Kier molecular flexibility index (Phi) is 9.96. The highest BCUT2D eigenvalue weighted by atomic mass is 127. The van der Waals surface area contributed by atoms with Crippen LogP contribution in [0.3, 0.4) is 0 Å². The van der Waals surface area contributed by atoms with Gasteiger partial charge in [-0.25, -0.2) is 8.78 Å². The fourth-order valence-electron chi connectivity index (χ4n) is 2.35. The van der Waals surface area contributed by atoms with E-state index in [1.54, 1.807) is 11.3 Å². The predicted molar refractivity (Wildman–Crippen MR) is 112 cm³/mol. The molecule has 1 heterocycles. The number of aliphatic imine (C=N–C) groups is 1. The second-order valence-electron chi connectivity index (χ2n) is 5.44. The number of likely N-dealkylation sites (N-methyl/N-ethyl adjacent to an activating group) is 1. The van der Waals surface area contributed by atoms with Crippen LogP contribution in [-0.4, -0.2) is 37.5 Å². The second-order valence-corrected chi connectivity index (χ2v) is 6.47. The molecule has 0 radical (unpaired) electrons. The molecule has 1 N–H and O–H groups in total. The number of halogens is 3. The molecule has 0 amide bonds. The Morgan fingerprint density at radius 1 is 1.16 bits per heavy atom. The summed E-state index contributed by atoms with van der Waals surface area (Å²) in [5.74, 6) is -0.270. The van der Waals surface area contributed by atoms with Gasteiger partial charge >= 0.3 is 0 Å². The third kappa shape index (κ3) is 6.89. The van der Waals surface area contributed by atoms with Crippen molar-refractivity contribution in [2.45, 2.75) is 19.8 Å². The number of hydrogen-bond acceptors (Lipinski definition) is 2. The molecule has 0 saturated heterocycles. The quantitative estimate of drug-likeness (QED) is 0.364. The highest BCUT2D eigenvalue weighted by Gasteiger charge is 2.09. The zero-order valence-corrected chi connectivity index (χ0v) is 17.6. The number of guanidine groups is 1. The molecule has 2 rings (SSSR count). The maximum absolute atomic E-state index is 13.6. The van der Waals surface area contributed by atoms with E-state index < -0.39 is 11.6 Å². The Hall–Kier alpha value is -1.22. The summed E-state index contributed by atoms with van der Waals surface area (Å²) < 4.78 is 27.3. The van der Waals surface area contributed by atoms with E-state index in [2.05, 4.69) is 21.8 Å². The molecule has 0 aliphatic heterocycles. The summed E-state index contributed by atoms with van der Waals surface area (Å²) in [5, 5.41) is 5.29. The average molecular weight is 479 g/mol. The van der Waals surface area contributed by atoms with Gasteiger partial charge in [-0.1, -0.05) is 12.1 Å². The van der Waals surface area contributed by atoms with Crippen LogP contribution in [0.1, 0.15) is 17.4 Å². The molecule has 3 nitrogen and oxygen atoms in total. The fraction of sp³-hybridized carbons (Fsp3) is 0.389. The summed E-state index contributed by atoms with van der Waals surface area (Å²) in [6, 6.07) is 8.09. The summed E-state index contributed by atoms with van der Waals surface area (Å²) >= 11 is 1.74. The van der Waals surface area contributed by atoms with E-state index >= 15 is 0 Å². The van der Waals surface area contributed by atoms with Crippen molar-refractivity contribution in [3.63, 3.8) is 0 Å². The number of nitrogens with zero attached hydrogens (tertiary/aromatic N) is 2. The second kappa shape index (κ2) is 11.4. The van der Waals surface area contributed by atoms with Crippen molar-refractivity contribution in [1.82, 2.24) is 10.2 Å². The lowest BCUT2D eigenvalue weighted by Crippen LogP contribution is -2.40. The molecule has 0 bridgehead atoms. The molecular formula is C18H24F2IN3S. The smallest absolute Gasteiger partial charge is 0.193 e. The summed E-state index contributed by atoms with van der Waals surface area (Å²) in [6.07, 6.45) is 1.19. The summed E-state index contributed by atoms with van der Waals surface area (Å²) in [7, 11) is 1.97. The van der Waals surface area contributed by atoms with Crippen LogP contribution in [0.5, 0.6) is 0 Å². The van der Waals surface area contributed by atoms with Gasteiger partial charge in [-0.15, -0.1) is 35.3 Å². The molecule has 0 aliphatic carbocycles. The largest absolute Gasteiger partial charge is 0.357 e. The first kappa shape index (κ1) is 21.8. The normalized spacial score (nSPS) is 11.1. The van der Waals surface area contributed by atoms with Gasteiger partial charge in [0.15, 0.2) is 5.96 Å². The lowest BCUT2D eigenvalue weighted by Gasteiger charge is -2.21. The van der Waals surface area contributed by atoms with Crippen LogP contribution in [0.4, 0.5) is 8.78 Å². The number of nitrogens with one attached hydrogen (secondary N) is 1. The van der Waals surface area contributed by atoms with E-state index in [-0.39, 0.29) is 36.0 Å². The van der Waals surface area contributed by atoms with Crippen molar-refractivity contribution in [2.24, 2.45) is 4.99 Å². The first-order valence-corrected chi connectivity index (χ1v) is 8.94. The molecule has 0 fully saturated rings. The Morgan fingerprint density at radius 2 is 1.88 bits per heavy atom. The molecule has 0 saturated carbocycles. The highest BCUT2D eigenvalue weighted by Crippen LogP contribution is 2.13. The lowest BCUT2D eigenvalue weighted by atomic mass is 10.1. The van der Waals surface area contributed by atoms with Gasteiger partial charge in [0.25, 0.3) is 0 Å². The minimum absolute atomic E-state index is 0. The molecule has 0 unspecified atom stereocenters. The molecule has 0 atom stereocenters. The number of hydrogen-bond donors (Lipinski definition) is 1. The van der Waals surface area contributed by atoms with Crippen LogP contribution < -0.4 is 5.32 Å². The van der Waals surface area contributed by atoms with E-state index in [4.69, 9.17) is 0 Å². The molecule has 138 valence electrons. The summed E-state index contributed by atoms with van der Waals surface area (Å²) in [6.45, 7) is 3.92. The van der Waals surface area contributed by atoms with Crippen molar-refractivity contribution < 1.29 is 8.78 Å². The Labute approximate surface area is 169 Å². The lowest BCUT2D eigenvalue weighted by molar-refractivity contribution is 0.486. The van der Waals surface area contributed by atoms with Gasteiger partial charge in [0.05, 0.1) is 0 Å². The van der Waals surface area contributed by atoms with E-state index in [1.807, 2.05) is 24.9 Å². The van der Waals surface area contributed by atoms with Crippen LogP contribution >= 0.6 is 35.3 Å². The molecule has 1 aromatic heterocycles. The van der Waals surface area contributed by atoms with Gasteiger partial charge in [-0.05, 0) is 43.3 Å². The monoisotopic (exact) mass is 479 g/mol. The van der Waals surface area contributed by atoms with Crippen LogP contribution in [0.25, 0.3) is 0 Å². The maximum Gasteiger partial charge on any atom is 0.193 e. The van der Waals surface area contributed by atoms with E-state index in [9.17, 15) is 8.78 Å². The molecule has 7 heteroatoms. The number of rotatable bonds is 7. The van der Waals surface area contributed by atoms with Crippen molar-refractivity contribution in [2.75, 3.05) is 26.7 Å². The standard InChI is InChI=1S/C18H23F2N3S.HI/c1-3-21-18(23(2)12-10-14-6-5-13-24-14)22-11-9-15-16(19)7-4-8-17(15)20;/h4-8,13H,3,9-12H2,1-2H3,(H,21,22);1H. The fourth-order valence-corrected chi connectivity index (χ4v) is 3.05. The highest BCUT2D eigenvalue weighted by molar-refractivity contribution is 14.0. The molecule has 0 spiro atoms. The molecular weight excluding hydrogens is 455 g/mol. The van der Waals surface area contributed by atoms with Gasteiger partial charge < -0.3 is 10.2 Å². The zero-order chi connectivity index (χ0) is 17.4. The van der Waals surface area contributed by atoms with Gasteiger partial charge in [0, 0.05) is 37.1 Å². The van der Waals surface area contributed by atoms with Crippen molar-refractivity contribution in [3.8, 4) is 0 Å². The van der Waals surface area contributed by atoms with Gasteiger partial charge in [0.1, 0.15) is 11.6 Å². The Balaban J connectivity index is 0.00000312. The van der Waals surface area contributed by atoms with Gasteiger partial charge in [-0.2, -0.15) is 0 Å². The van der Waals surface area contributed by atoms with E-state index in [0.717, 1.165) is 25.5 Å². The molecule has 2 aromatic rings. The first-order chi connectivity index (χ1) is 11.6. The predicted octanol–water partition coefficient (Wildman–Crippen LogP) is 4.33. The number of benzene rings is 1. The Morgan fingerprint density at radius 3 is 2.48 bits per heavy atom. The third-order valence-corrected chi connectivity index (χ3v) is 4.59. The Bertz CT molecular complexity index is 642. The minimum Gasteiger partial charge on any atom is -0.357 e. The van der Waals surface area contributed by atoms with Crippen LogP contribution in [-0.2, 0) is 12.8 Å².